The van der Waals surface area contributed by atoms with E-state index in [1.165, 1.54) is 18.9 Å². The number of hydrogen-bond donors (Lipinski definition) is 1. The SMILES string of the molecule is CCCC(CCCl)CNCc1ccc(Cl)c(F)c1. The molecule has 1 rings (SSSR count). The number of hydrogen-bond acceptors (Lipinski definition) is 1. The van der Waals surface area contributed by atoms with Gasteiger partial charge in [-0.2, -0.15) is 0 Å². The van der Waals surface area contributed by atoms with E-state index in [9.17, 15) is 4.39 Å². The molecule has 1 atom stereocenters. The maximum atomic E-state index is 13.2. The first-order chi connectivity index (χ1) is 8.67. The molecule has 0 amide bonds. The van der Waals surface area contributed by atoms with Crippen molar-refractivity contribution in [2.75, 3.05) is 12.4 Å². The van der Waals surface area contributed by atoms with Gasteiger partial charge in [0.15, 0.2) is 0 Å². The maximum Gasteiger partial charge on any atom is 0.142 e. The Bertz CT molecular complexity index is 352. The molecule has 0 aliphatic carbocycles. The molecule has 0 aliphatic heterocycles. The zero-order chi connectivity index (χ0) is 13.4. The van der Waals surface area contributed by atoms with Crippen molar-refractivity contribution in [3.63, 3.8) is 0 Å². The number of nitrogens with one attached hydrogen (secondary N) is 1. The molecule has 1 nitrogen and oxygen atoms in total. The first-order valence-corrected chi connectivity index (χ1v) is 7.29. The summed E-state index contributed by atoms with van der Waals surface area (Å²) in [6, 6.07) is 4.91. The van der Waals surface area contributed by atoms with Crippen molar-refractivity contribution in [3.8, 4) is 0 Å². The maximum absolute atomic E-state index is 13.2. The lowest BCUT2D eigenvalue weighted by atomic mass is 10.0. The van der Waals surface area contributed by atoms with Crippen LogP contribution in [0, 0.1) is 11.7 Å². The highest BCUT2D eigenvalue weighted by Gasteiger charge is 2.07. The molecule has 0 aromatic heterocycles. The highest BCUT2D eigenvalue weighted by molar-refractivity contribution is 6.30. The second-order valence-corrected chi connectivity index (χ2v) is 5.30. The molecular weight excluding hydrogens is 272 g/mol. The third-order valence-corrected chi connectivity index (χ3v) is 3.49. The molecule has 0 spiro atoms. The Balaban J connectivity index is 2.37. The second kappa shape index (κ2) is 8.73. The molecule has 0 aliphatic rings. The standard InChI is InChI=1S/C14H20Cl2FN/c1-2-3-11(6-7-15)9-18-10-12-4-5-13(16)14(17)8-12/h4-5,8,11,18H,2-3,6-7,9-10H2,1H3. The number of benzene rings is 1. The van der Waals surface area contributed by atoms with Gasteiger partial charge in [-0.25, -0.2) is 4.39 Å². The fraction of sp³-hybridized carbons (Fsp3) is 0.571. The van der Waals surface area contributed by atoms with Crippen LogP contribution in [0.2, 0.25) is 5.02 Å². The summed E-state index contributed by atoms with van der Waals surface area (Å²) < 4.78 is 13.2. The minimum absolute atomic E-state index is 0.171. The van der Waals surface area contributed by atoms with Gasteiger partial charge in [-0.3, -0.25) is 0 Å². The smallest absolute Gasteiger partial charge is 0.142 e. The van der Waals surface area contributed by atoms with Gasteiger partial charge in [-0.15, -0.1) is 11.6 Å². The topological polar surface area (TPSA) is 12.0 Å². The molecular formula is C14H20Cl2FN. The van der Waals surface area contributed by atoms with Gasteiger partial charge in [0, 0.05) is 12.4 Å². The number of rotatable bonds is 8. The van der Waals surface area contributed by atoms with Crippen molar-refractivity contribution in [2.45, 2.75) is 32.7 Å². The summed E-state index contributed by atoms with van der Waals surface area (Å²) >= 11 is 11.4. The minimum Gasteiger partial charge on any atom is -0.312 e. The predicted octanol–water partition coefficient (Wildman–Crippen LogP) is 4.61. The van der Waals surface area contributed by atoms with Crippen LogP contribution < -0.4 is 5.32 Å². The Kier molecular flexibility index (Phi) is 7.64. The second-order valence-electron chi connectivity index (χ2n) is 4.51. The fourth-order valence-corrected chi connectivity index (χ4v) is 2.41. The van der Waals surface area contributed by atoms with Gasteiger partial charge in [0.05, 0.1) is 5.02 Å². The van der Waals surface area contributed by atoms with Crippen molar-refractivity contribution in [1.82, 2.24) is 5.32 Å². The summed E-state index contributed by atoms with van der Waals surface area (Å²) in [5.74, 6) is 0.938. The van der Waals surface area contributed by atoms with E-state index in [1.54, 1.807) is 6.07 Å². The van der Waals surface area contributed by atoms with Gasteiger partial charge in [-0.1, -0.05) is 31.0 Å². The molecule has 1 aromatic carbocycles. The summed E-state index contributed by atoms with van der Waals surface area (Å²) in [7, 11) is 0. The highest BCUT2D eigenvalue weighted by atomic mass is 35.5. The lowest BCUT2D eigenvalue weighted by Gasteiger charge is -2.15. The molecule has 1 aromatic rings. The van der Waals surface area contributed by atoms with E-state index >= 15 is 0 Å². The van der Waals surface area contributed by atoms with Gasteiger partial charge in [0.25, 0.3) is 0 Å². The third-order valence-electron chi connectivity index (χ3n) is 2.96. The molecule has 4 heteroatoms. The van der Waals surface area contributed by atoms with Gasteiger partial charge in [0.1, 0.15) is 5.82 Å². The zero-order valence-electron chi connectivity index (χ0n) is 10.7. The van der Waals surface area contributed by atoms with Crippen LogP contribution >= 0.6 is 23.2 Å². The van der Waals surface area contributed by atoms with E-state index in [0.717, 1.165) is 18.5 Å². The summed E-state index contributed by atoms with van der Waals surface area (Å²) in [6.07, 6.45) is 3.37. The third kappa shape index (κ3) is 5.55. The zero-order valence-corrected chi connectivity index (χ0v) is 12.2. The molecule has 1 N–H and O–H groups in total. The van der Waals surface area contributed by atoms with Crippen LogP contribution in [-0.2, 0) is 6.54 Å². The summed E-state index contributed by atoms with van der Waals surface area (Å²) in [5, 5.41) is 3.52. The molecule has 1 unspecified atom stereocenters. The van der Waals surface area contributed by atoms with E-state index in [2.05, 4.69) is 12.2 Å². The van der Waals surface area contributed by atoms with Gasteiger partial charge < -0.3 is 5.32 Å². The van der Waals surface area contributed by atoms with E-state index in [4.69, 9.17) is 23.2 Å². The molecule has 0 saturated heterocycles. The molecule has 18 heavy (non-hydrogen) atoms. The van der Waals surface area contributed by atoms with Gasteiger partial charge in [-0.05, 0) is 43.0 Å². The van der Waals surface area contributed by atoms with Crippen molar-refractivity contribution in [1.29, 1.82) is 0 Å². The Labute approximate surface area is 119 Å². The summed E-state index contributed by atoms with van der Waals surface area (Å²) in [5.41, 5.74) is 0.915. The normalized spacial score (nSPS) is 12.7. The average molecular weight is 292 g/mol. The molecule has 0 bridgehead atoms. The minimum atomic E-state index is -0.359. The summed E-state index contributed by atoms with van der Waals surface area (Å²) in [6.45, 7) is 3.76. The Morgan fingerprint density at radius 3 is 2.72 bits per heavy atom. The van der Waals surface area contributed by atoms with Crippen LogP contribution in [-0.4, -0.2) is 12.4 Å². The predicted molar refractivity (Wildman–Crippen MR) is 76.9 cm³/mol. The average Bonchev–Trinajstić information content (AvgIpc) is 2.34. The van der Waals surface area contributed by atoms with Crippen LogP contribution in [0.3, 0.4) is 0 Å². The van der Waals surface area contributed by atoms with Crippen LogP contribution in [0.5, 0.6) is 0 Å². The highest BCUT2D eigenvalue weighted by Crippen LogP contribution is 2.16. The summed E-state index contributed by atoms with van der Waals surface area (Å²) in [4.78, 5) is 0. The largest absolute Gasteiger partial charge is 0.312 e. The van der Waals surface area contributed by atoms with Crippen molar-refractivity contribution >= 4 is 23.2 Å². The first-order valence-electron chi connectivity index (χ1n) is 6.38. The number of halogens is 3. The van der Waals surface area contributed by atoms with Crippen LogP contribution in [0.15, 0.2) is 18.2 Å². The van der Waals surface area contributed by atoms with E-state index in [0.29, 0.717) is 18.3 Å². The fourth-order valence-electron chi connectivity index (χ4n) is 1.98. The van der Waals surface area contributed by atoms with Crippen molar-refractivity contribution in [2.24, 2.45) is 5.92 Å². The van der Waals surface area contributed by atoms with Gasteiger partial charge in [0.2, 0.25) is 0 Å². The lowest BCUT2D eigenvalue weighted by molar-refractivity contribution is 0.430. The quantitative estimate of drug-likeness (QED) is 0.690. The van der Waals surface area contributed by atoms with Crippen LogP contribution in [0.4, 0.5) is 4.39 Å². The molecule has 102 valence electrons. The van der Waals surface area contributed by atoms with E-state index < -0.39 is 0 Å². The Morgan fingerprint density at radius 2 is 2.11 bits per heavy atom. The lowest BCUT2D eigenvalue weighted by Crippen LogP contribution is -2.23. The molecule has 0 fully saturated rings. The van der Waals surface area contributed by atoms with Crippen LogP contribution in [0.1, 0.15) is 31.7 Å². The Morgan fingerprint density at radius 1 is 1.33 bits per heavy atom. The van der Waals surface area contributed by atoms with Crippen LogP contribution in [0.25, 0.3) is 0 Å². The van der Waals surface area contributed by atoms with Crippen molar-refractivity contribution in [3.05, 3.63) is 34.6 Å². The van der Waals surface area contributed by atoms with E-state index in [1.807, 2.05) is 6.07 Å². The van der Waals surface area contributed by atoms with Crippen molar-refractivity contribution < 1.29 is 4.39 Å². The number of alkyl halides is 1. The van der Waals surface area contributed by atoms with Gasteiger partial charge >= 0.3 is 0 Å². The first kappa shape index (κ1) is 15.7. The Hall–Kier alpha value is -0.310. The monoisotopic (exact) mass is 291 g/mol. The van der Waals surface area contributed by atoms with E-state index in [-0.39, 0.29) is 10.8 Å². The molecule has 0 radical (unpaired) electrons. The molecule has 0 saturated carbocycles. The molecule has 0 heterocycles.